The Kier molecular flexibility index (Phi) is 3.61. The molecule has 17 heavy (non-hydrogen) atoms. The van der Waals surface area contributed by atoms with Crippen LogP contribution in [0.2, 0.25) is 0 Å². The fourth-order valence-corrected chi connectivity index (χ4v) is 3.13. The number of aliphatic hydroxyl groups is 1. The Morgan fingerprint density at radius 2 is 2.18 bits per heavy atom. The van der Waals surface area contributed by atoms with Crippen molar-refractivity contribution in [1.82, 2.24) is 4.98 Å². The summed E-state index contributed by atoms with van der Waals surface area (Å²) >= 11 is 4.55. The lowest BCUT2D eigenvalue weighted by Gasteiger charge is -2.25. The lowest BCUT2D eigenvalue weighted by molar-refractivity contribution is 0.0721. The van der Waals surface area contributed by atoms with Crippen molar-refractivity contribution in [3.05, 3.63) is 50.6 Å². The molecule has 0 bridgehead atoms. The summed E-state index contributed by atoms with van der Waals surface area (Å²) in [6, 6.07) is 6.25. The van der Waals surface area contributed by atoms with Gasteiger partial charge in [-0.2, -0.15) is 0 Å². The van der Waals surface area contributed by atoms with Crippen molar-refractivity contribution in [2.75, 3.05) is 0 Å². The second kappa shape index (κ2) is 4.84. The lowest BCUT2D eigenvalue weighted by atomic mass is 9.91. The monoisotopic (exact) mass is 315 g/mol. The molecule has 1 aromatic carbocycles. The van der Waals surface area contributed by atoms with Gasteiger partial charge >= 0.3 is 0 Å². The van der Waals surface area contributed by atoms with E-state index >= 15 is 0 Å². The lowest BCUT2D eigenvalue weighted by Crippen LogP contribution is -2.27. The van der Waals surface area contributed by atoms with E-state index < -0.39 is 11.4 Å². The van der Waals surface area contributed by atoms with E-state index in [9.17, 15) is 9.50 Å². The summed E-state index contributed by atoms with van der Waals surface area (Å²) in [5, 5.41) is 12.9. The minimum absolute atomic E-state index is 0.268. The summed E-state index contributed by atoms with van der Waals surface area (Å²) in [6.45, 7) is 1.81. The van der Waals surface area contributed by atoms with Crippen LogP contribution in [0.25, 0.3) is 0 Å². The zero-order valence-electron chi connectivity index (χ0n) is 9.15. The Morgan fingerprint density at radius 3 is 2.71 bits per heavy atom. The molecule has 0 aliphatic heterocycles. The second-order valence-electron chi connectivity index (χ2n) is 3.67. The molecule has 2 aromatic rings. The van der Waals surface area contributed by atoms with Crippen molar-refractivity contribution in [2.24, 2.45) is 0 Å². The second-order valence-corrected chi connectivity index (χ2v) is 5.34. The van der Waals surface area contributed by atoms with E-state index in [1.54, 1.807) is 23.6 Å². The van der Waals surface area contributed by atoms with E-state index in [4.69, 9.17) is 0 Å². The van der Waals surface area contributed by atoms with Gasteiger partial charge in [-0.3, -0.25) is 0 Å². The highest BCUT2D eigenvalue weighted by Crippen LogP contribution is 2.36. The SMILES string of the molecule is CCC(O)(c1nc(Br)cs1)c1ccccc1F. The van der Waals surface area contributed by atoms with Crippen LogP contribution in [0.3, 0.4) is 0 Å². The van der Waals surface area contributed by atoms with Gasteiger partial charge in [-0.25, -0.2) is 9.37 Å². The highest BCUT2D eigenvalue weighted by molar-refractivity contribution is 9.10. The quantitative estimate of drug-likeness (QED) is 0.937. The van der Waals surface area contributed by atoms with Gasteiger partial charge in [0, 0.05) is 10.9 Å². The van der Waals surface area contributed by atoms with Crippen molar-refractivity contribution in [1.29, 1.82) is 0 Å². The van der Waals surface area contributed by atoms with Gasteiger partial charge in [-0.1, -0.05) is 25.1 Å². The summed E-state index contributed by atoms with van der Waals surface area (Å²) in [5.41, 5.74) is -1.09. The van der Waals surface area contributed by atoms with Gasteiger partial charge in [0.15, 0.2) is 0 Å². The van der Waals surface area contributed by atoms with E-state index in [1.165, 1.54) is 17.4 Å². The largest absolute Gasteiger partial charge is 0.378 e. The van der Waals surface area contributed by atoms with Crippen LogP contribution < -0.4 is 0 Å². The van der Waals surface area contributed by atoms with Gasteiger partial charge in [0.1, 0.15) is 21.0 Å². The van der Waals surface area contributed by atoms with Gasteiger partial charge in [-0.05, 0) is 28.4 Å². The molecule has 0 radical (unpaired) electrons. The first-order chi connectivity index (χ1) is 8.08. The summed E-state index contributed by atoms with van der Waals surface area (Å²) in [5.74, 6) is -0.414. The van der Waals surface area contributed by atoms with Crippen LogP contribution in [0, 0.1) is 5.82 Å². The molecule has 1 N–H and O–H groups in total. The Bertz CT molecular complexity index is 531. The summed E-state index contributed by atoms with van der Waals surface area (Å²) in [6.07, 6.45) is 0.369. The minimum Gasteiger partial charge on any atom is -0.378 e. The maximum absolute atomic E-state index is 13.8. The van der Waals surface area contributed by atoms with Crippen LogP contribution in [0.5, 0.6) is 0 Å². The third-order valence-corrected chi connectivity index (χ3v) is 4.36. The van der Waals surface area contributed by atoms with Gasteiger partial charge < -0.3 is 5.11 Å². The van der Waals surface area contributed by atoms with E-state index in [0.717, 1.165) is 0 Å². The van der Waals surface area contributed by atoms with Crippen molar-refractivity contribution in [3.8, 4) is 0 Å². The van der Waals surface area contributed by atoms with E-state index in [-0.39, 0.29) is 5.56 Å². The van der Waals surface area contributed by atoms with Crippen LogP contribution in [0.4, 0.5) is 4.39 Å². The predicted octanol–water partition coefficient (Wildman–Crippen LogP) is 3.69. The highest BCUT2D eigenvalue weighted by atomic mass is 79.9. The Hall–Kier alpha value is -0.780. The number of benzene rings is 1. The molecule has 1 unspecified atom stereocenters. The first-order valence-corrected chi connectivity index (χ1v) is 6.84. The molecule has 0 saturated heterocycles. The third kappa shape index (κ3) is 2.27. The van der Waals surface area contributed by atoms with E-state index in [1.807, 2.05) is 6.92 Å². The average molecular weight is 316 g/mol. The number of halogens is 2. The van der Waals surface area contributed by atoms with Crippen LogP contribution in [-0.2, 0) is 5.60 Å². The average Bonchev–Trinajstić information content (AvgIpc) is 2.76. The van der Waals surface area contributed by atoms with Crippen molar-refractivity contribution in [3.63, 3.8) is 0 Å². The zero-order valence-corrected chi connectivity index (χ0v) is 11.6. The van der Waals surface area contributed by atoms with Crippen molar-refractivity contribution in [2.45, 2.75) is 18.9 Å². The summed E-state index contributed by atoms with van der Waals surface area (Å²) < 4.78 is 14.4. The van der Waals surface area contributed by atoms with Gasteiger partial charge in [0.2, 0.25) is 0 Å². The molecule has 0 amide bonds. The van der Waals surface area contributed by atoms with E-state index in [2.05, 4.69) is 20.9 Å². The minimum atomic E-state index is -1.36. The predicted molar refractivity (Wildman–Crippen MR) is 69.5 cm³/mol. The van der Waals surface area contributed by atoms with Gasteiger partial charge in [0.25, 0.3) is 0 Å². The molecule has 0 spiro atoms. The fraction of sp³-hybridized carbons (Fsp3) is 0.250. The van der Waals surface area contributed by atoms with Gasteiger partial charge in [0.05, 0.1) is 0 Å². The molecule has 0 aliphatic rings. The Labute approximate surface area is 111 Å². The number of aromatic nitrogens is 1. The molecule has 2 nitrogen and oxygen atoms in total. The zero-order chi connectivity index (χ0) is 12.5. The van der Waals surface area contributed by atoms with E-state index in [0.29, 0.717) is 16.0 Å². The third-order valence-electron chi connectivity index (χ3n) is 2.66. The number of nitrogens with zero attached hydrogens (tertiary/aromatic N) is 1. The standard InChI is InChI=1S/C12H11BrFNOS/c1-2-12(16,11-15-10(13)7-17-11)8-5-3-4-6-9(8)14/h3-7,16H,2H2,1H3. The molecule has 0 saturated carbocycles. The maximum Gasteiger partial charge on any atom is 0.143 e. The normalized spacial score (nSPS) is 14.6. The summed E-state index contributed by atoms with van der Waals surface area (Å²) in [7, 11) is 0. The fourth-order valence-electron chi connectivity index (χ4n) is 1.70. The molecule has 1 heterocycles. The van der Waals surface area contributed by atoms with Crippen LogP contribution in [-0.4, -0.2) is 10.1 Å². The molecule has 0 fully saturated rings. The van der Waals surface area contributed by atoms with Crippen LogP contribution in [0.15, 0.2) is 34.2 Å². The topological polar surface area (TPSA) is 33.1 Å². The number of hydrogen-bond acceptors (Lipinski definition) is 3. The number of hydrogen-bond donors (Lipinski definition) is 1. The van der Waals surface area contributed by atoms with Crippen molar-refractivity contribution < 1.29 is 9.50 Å². The molecule has 1 aromatic heterocycles. The highest BCUT2D eigenvalue weighted by Gasteiger charge is 2.35. The molecular formula is C12H11BrFNOS. The smallest absolute Gasteiger partial charge is 0.143 e. The molecular weight excluding hydrogens is 305 g/mol. The molecule has 1 atom stereocenters. The first kappa shape index (κ1) is 12.7. The molecule has 0 aliphatic carbocycles. The molecule has 90 valence electrons. The number of thiazole rings is 1. The van der Waals surface area contributed by atoms with Gasteiger partial charge in [-0.15, -0.1) is 11.3 Å². The number of rotatable bonds is 3. The van der Waals surface area contributed by atoms with Crippen molar-refractivity contribution >= 4 is 27.3 Å². The van der Waals surface area contributed by atoms with Crippen LogP contribution in [0.1, 0.15) is 23.9 Å². The first-order valence-electron chi connectivity index (χ1n) is 5.17. The Morgan fingerprint density at radius 1 is 1.47 bits per heavy atom. The maximum atomic E-state index is 13.8. The summed E-state index contributed by atoms with van der Waals surface area (Å²) in [4.78, 5) is 4.19. The molecule has 5 heteroatoms. The molecule has 2 rings (SSSR count). The van der Waals surface area contributed by atoms with Crippen LogP contribution >= 0.6 is 27.3 Å². The Balaban J connectivity index is 2.55.